The monoisotopic (exact) mass is 240 g/mol. The first-order valence-corrected chi connectivity index (χ1v) is 6.93. The standard InChI is InChI=1S/C13H20O4/c1-9-2-11-3-10(1)5-13(4-9,6-11)7-12-8-14-16-17-15-12/h9-12H,1-8H2. The fourth-order valence-corrected chi connectivity index (χ4v) is 5.34. The summed E-state index contributed by atoms with van der Waals surface area (Å²) in [4.78, 5) is 10.0. The molecule has 4 nitrogen and oxygen atoms in total. The molecule has 0 aromatic heterocycles. The van der Waals surface area contributed by atoms with E-state index in [1.54, 1.807) is 0 Å². The summed E-state index contributed by atoms with van der Waals surface area (Å²) in [5.74, 6) is 2.97. The van der Waals surface area contributed by atoms with Crippen molar-refractivity contribution in [2.24, 2.45) is 23.2 Å². The third-order valence-electron chi connectivity index (χ3n) is 5.33. The minimum Gasteiger partial charge on any atom is -0.201 e. The Kier molecular flexibility index (Phi) is 2.47. The maximum absolute atomic E-state index is 5.17. The van der Waals surface area contributed by atoms with E-state index in [4.69, 9.17) is 9.78 Å². The van der Waals surface area contributed by atoms with Gasteiger partial charge >= 0.3 is 0 Å². The second-order valence-electron chi connectivity index (χ2n) is 6.76. The molecule has 96 valence electrons. The molecule has 0 N–H and O–H groups in total. The molecule has 1 saturated heterocycles. The number of hydrogen-bond donors (Lipinski definition) is 0. The van der Waals surface area contributed by atoms with Gasteiger partial charge in [-0.25, -0.2) is 4.89 Å². The smallest absolute Gasteiger partial charge is 0.123 e. The summed E-state index contributed by atoms with van der Waals surface area (Å²) in [5.41, 5.74) is 0.517. The van der Waals surface area contributed by atoms with E-state index >= 15 is 0 Å². The van der Waals surface area contributed by atoms with Gasteiger partial charge in [0.1, 0.15) is 12.7 Å². The van der Waals surface area contributed by atoms with Gasteiger partial charge in [-0.3, -0.25) is 0 Å². The average Bonchev–Trinajstić information content (AvgIpc) is 2.27. The predicted octanol–water partition coefficient (Wildman–Crippen LogP) is 2.79. The SMILES string of the molecule is C1C2CC3CC1CC(CC1COOOO1)(C2)C3. The Balaban J connectivity index is 1.48. The van der Waals surface area contributed by atoms with Gasteiger partial charge < -0.3 is 0 Å². The van der Waals surface area contributed by atoms with Crippen LogP contribution in [0.1, 0.15) is 44.9 Å². The lowest BCUT2D eigenvalue weighted by Crippen LogP contribution is -2.48. The van der Waals surface area contributed by atoms with E-state index in [9.17, 15) is 0 Å². The van der Waals surface area contributed by atoms with Gasteiger partial charge in [0.25, 0.3) is 0 Å². The molecule has 5 rings (SSSR count). The third kappa shape index (κ3) is 1.91. The van der Waals surface area contributed by atoms with E-state index in [2.05, 4.69) is 10.1 Å². The molecular weight excluding hydrogens is 220 g/mol. The number of rotatable bonds is 2. The Bertz CT molecular complexity index is 263. The minimum absolute atomic E-state index is 0.0556. The van der Waals surface area contributed by atoms with E-state index in [0.717, 1.165) is 24.2 Å². The lowest BCUT2D eigenvalue weighted by Gasteiger charge is -2.57. The summed E-state index contributed by atoms with van der Waals surface area (Å²) in [5, 5.41) is 8.77. The van der Waals surface area contributed by atoms with Gasteiger partial charge in [0.15, 0.2) is 0 Å². The van der Waals surface area contributed by atoms with Gasteiger partial charge in [0.05, 0.1) is 0 Å². The average molecular weight is 240 g/mol. The van der Waals surface area contributed by atoms with Crippen molar-refractivity contribution in [2.75, 3.05) is 6.61 Å². The summed E-state index contributed by atoms with van der Waals surface area (Å²) in [6, 6.07) is 0. The van der Waals surface area contributed by atoms with Crippen LogP contribution in [0, 0.1) is 23.2 Å². The van der Waals surface area contributed by atoms with Crippen molar-refractivity contribution in [2.45, 2.75) is 51.0 Å². The van der Waals surface area contributed by atoms with Gasteiger partial charge in [-0.2, -0.15) is 4.89 Å². The molecule has 5 fully saturated rings. The normalized spacial score (nSPS) is 52.9. The van der Waals surface area contributed by atoms with Crippen molar-refractivity contribution in [3.8, 4) is 0 Å². The highest BCUT2D eigenvalue weighted by Crippen LogP contribution is 2.61. The summed E-state index contributed by atoms with van der Waals surface area (Å²) in [6.07, 6.45) is 9.81. The van der Waals surface area contributed by atoms with Gasteiger partial charge in [-0.1, -0.05) is 0 Å². The summed E-state index contributed by atoms with van der Waals surface area (Å²) >= 11 is 0. The Morgan fingerprint density at radius 2 is 1.53 bits per heavy atom. The molecule has 0 radical (unpaired) electrons. The first kappa shape index (κ1) is 10.7. The Morgan fingerprint density at radius 3 is 2.06 bits per heavy atom. The van der Waals surface area contributed by atoms with Crippen LogP contribution in [-0.2, 0) is 19.9 Å². The maximum atomic E-state index is 5.17. The van der Waals surface area contributed by atoms with Crippen molar-refractivity contribution in [3.05, 3.63) is 0 Å². The van der Waals surface area contributed by atoms with Crippen molar-refractivity contribution in [1.29, 1.82) is 0 Å². The van der Waals surface area contributed by atoms with Crippen LogP contribution in [0.15, 0.2) is 0 Å². The van der Waals surface area contributed by atoms with Crippen LogP contribution < -0.4 is 0 Å². The zero-order valence-corrected chi connectivity index (χ0v) is 10.1. The highest BCUT2D eigenvalue weighted by atomic mass is 17.7. The first-order chi connectivity index (χ1) is 8.31. The van der Waals surface area contributed by atoms with Crippen LogP contribution in [0.5, 0.6) is 0 Å². The fourth-order valence-electron chi connectivity index (χ4n) is 5.34. The maximum Gasteiger partial charge on any atom is 0.123 e. The van der Waals surface area contributed by atoms with Crippen LogP contribution in [0.25, 0.3) is 0 Å². The van der Waals surface area contributed by atoms with Crippen molar-refractivity contribution in [1.82, 2.24) is 0 Å². The zero-order chi connectivity index (χ0) is 11.3. The second kappa shape index (κ2) is 3.92. The van der Waals surface area contributed by atoms with Crippen LogP contribution in [-0.4, -0.2) is 12.7 Å². The Labute approximate surface area is 101 Å². The molecule has 4 aliphatic carbocycles. The molecule has 4 bridgehead atoms. The van der Waals surface area contributed by atoms with Crippen LogP contribution in [0.4, 0.5) is 0 Å². The van der Waals surface area contributed by atoms with E-state index in [1.807, 2.05) is 0 Å². The first-order valence-electron chi connectivity index (χ1n) is 6.93. The molecule has 0 spiro atoms. The summed E-state index contributed by atoms with van der Waals surface area (Å²) < 4.78 is 0. The molecule has 1 heterocycles. The lowest BCUT2D eigenvalue weighted by molar-refractivity contribution is -0.676. The zero-order valence-electron chi connectivity index (χ0n) is 10.1. The molecule has 1 unspecified atom stereocenters. The predicted molar refractivity (Wildman–Crippen MR) is 58.2 cm³/mol. The molecule has 4 heteroatoms. The van der Waals surface area contributed by atoms with E-state index in [1.165, 1.54) is 38.5 Å². The quantitative estimate of drug-likeness (QED) is 0.695. The molecule has 1 aliphatic heterocycles. The largest absolute Gasteiger partial charge is 0.201 e. The molecule has 5 aliphatic rings. The van der Waals surface area contributed by atoms with E-state index < -0.39 is 0 Å². The van der Waals surface area contributed by atoms with Crippen molar-refractivity contribution >= 4 is 0 Å². The third-order valence-corrected chi connectivity index (χ3v) is 5.33. The number of hydrogen-bond acceptors (Lipinski definition) is 4. The molecule has 0 amide bonds. The fraction of sp³-hybridized carbons (Fsp3) is 1.00. The molecule has 17 heavy (non-hydrogen) atoms. The highest BCUT2D eigenvalue weighted by molar-refractivity contribution is 5.02. The second-order valence-corrected chi connectivity index (χ2v) is 6.76. The van der Waals surface area contributed by atoms with Crippen molar-refractivity contribution < 1.29 is 19.9 Å². The molecule has 0 aromatic rings. The molecule has 0 aromatic carbocycles. The van der Waals surface area contributed by atoms with Gasteiger partial charge in [-0.15, -0.1) is 0 Å². The highest BCUT2D eigenvalue weighted by Gasteiger charge is 2.51. The van der Waals surface area contributed by atoms with Gasteiger partial charge in [0, 0.05) is 0 Å². The van der Waals surface area contributed by atoms with E-state index in [0.29, 0.717) is 12.0 Å². The summed E-state index contributed by atoms with van der Waals surface area (Å²) in [7, 11) is 0. The molecule has 4 saturated carbocycles. The van der Waals surface area contributed by atoms with Crippen LogP contribution in [0.3, 0.4) is 0 Å². The van der Waals surface area contributed by atoms with Gasteiger partial charge in [0.2, 0.25) is 0 Å². The summed E-state index contributed by atoms with van der Waals surface area (Å²) in [6.45, 7) is 0.502. The minimum atomic E-state index is 0.0556. The van der Waals surface area contributed by atoms with E-state index in [-0.39, 0.29) is 6.10 Å². The topological polar surface area (TPSA) is 36.9 Å². The molecule has 1 atom stereocenters. The Morgan fingerprint density at radius 1 is 0.882 bits per heavy atom. The van der Waals surface area contributed by atoms with Crippen molar-refractivity contribution in [3.63, 3.8) is 0 Å². The van der Waals surface area contributed by atoms with Crippen LogP contribution >= 0.6 is 0 Å². The Hall–Kier alpha value is -0.160. The van der Waals surface area contributed by atoms with Gasteiger partial charge in [-0.05, 0) is 78.2 Å². The molecular formula is C13H20O4. The lowest BCUT2D eigenvalue weighted by atomic mass is 9.48. The van der Waals surface area contributed by atoms with Crippen LogP contribution in [0.2, 0.25) is 0 Å².